The lowest BCUT2D eigenvalue weighted by atomic mass is 10.2. The van der Waals surface area contributed by atoms with Crippen LogP contribution in [0.4, 0.5) is 10.3 Å². The number of hydrogen-bond acceptors (Lipinski definition) is 4. The number of aromatic nitrogens is 3. The zero-order valence-electron chi connectivity index (χ0n) is 9.98. The fourth-order valence-corrected chi connectivity index (χ4v) is 1.71. The average molecular weight is 267 g/mol. The lowest BCUT2D eigenvalue weighted by Crippen LogP contribution is -2.06. The van der Waals surface area contributed by atoms with Crippen LogP contribution in [0, 0.1) is 5.82 Å². The van der Waals surface area contributed by atoms with Gasteiger partial charge in [-0.15, -0.1) is 0 Å². The Morgan fingerprint density at radius 1 is 1.22 bits per heavy atom. The largest absolute Gasteiger partial charge is 0.368 e. The van der Waals surface area contributed by atoms with Gasteiger partial charge >= 0.3 is 0 Å². The highest BCUT2D eigenvalue weighted by Crippen LogP contribution is 2.26. The minimum absolute atomic E-state index is 0.119. The van der Waals surface area contributed by atoms with Gasteiger partial charge in [-0.05, 0) is 18.2 Å². The van der Waals surface area contributed by atoms with Gasteiger partial charge in [0.1, 0.15) is 11.6 Å². The summed E-state index contributed by atoms with van der Waals surface area (Å²) < 4.78 is 13.0. The zero-order chi connectivity index (χ0) is 13.3. The molecule has 1 aromatic heterocycles. The molecule has 0 aliphatic carbocycles. The van der Waals surface area contributed by atoms with Crippen LogP contribution in [-0.4, -0.2) is 15.0 Å². The van der Waals surface area contributed by atoms with Crippen molar-refractivity contribution >= 4 is 17.5 Å². The monoisotopic (exact) mass is 266 g/mol. The standard InChI is InChI=1S/C12H12ClFN4/c1-6(2)10-16-11(18-12(15)17-10)8-4-3-7(14)5-9(8)13/h3-6H,1-2H3,(H2,15,16,17,18). The summed E-state index contributed by atoms with van der Waals surface area (Å²) in [4.78, 5) is 12.4. The minimum atomic E-state index is -0.408. The van der Waals surface area contributed by atoms with E-state index in [2.05, 4.69) is 15.0 Å². The lowest BCUT2D eigenvalue weighted by molar-refractivity contribution is 0.628. The maximum Gasteiger partial charge on any atom is 0.223 e. The van der Waals surface area contributed by atoms with Crippen LogP contribution in [0.5, 0.6) is 0 Å². The van der Waals surface area contributed by atoms with E-state index in [-0.39, 0.29) is 16.9 Å². The van der Waals surface area contributed by atoms with E-state index in [1.165, 1.54) is 18.2 Å². The number of nitrogens with zero attached hydrogens (tertiary/aromatic N) is 3. The predicted octanol–water partition coefficient (Wildman–Crippen LogP) is 3.04. The molecule has 1 aromatic carbocycles. The van der Waals surface area contributed by atoms with Crippen molar-refractivity contribution in [3.8, 4) is 11.4 Å². The zero-order valence-corrected chi connectivity index (χ0v) is 10.7. The molecule has 94 valence electrons. The maximum absolute atomic E-state index is 13.0. The van der Waals surface area contributed by atoms with Crippen molar-refractivity contribution in [2.75, 3.05) is 5.73 Å². The van der Waals surface area contributed by atoms with Crippen molar-refractivity contribution in [2.24, 2.45) is 0 Å². The first-order valence-corrected chi connectivity index (χ1v) is 5.82. The average Bonchev–Trinajstić information content (AvgIpc) is 2.27. The van der Waals surface area contributed by atoms with Crippen molar-refractivity contribution in [3.63, 3.8) is 0 Å². The molecule has 0 radical (unpaired) electrons. The van der Waals surface area contributed by atoms with Crippen molar-refractivity contribution in [2.45, 2.75) is 19.8 Å². The van der Waals surface area contributed by atoms with E-state index in [0.717, 1.165) is 0 Å². The molecule has 0 bridgehead atoms. The number of rotatable bonds is 2. The molecule has 1 heterocycles. The Morgan fingerprint density at radius 3 is 2.56 bits per heavy atom. The van der Waals surface area contributed by atoms with Crippen molar-refractivity contribution in [3.05, 3.63) is 34.9 Å². The molecule has 6 heteroatoms. The Bertz CT molecular complexity index is 586. The molecular formula is C12H12ClFN4. The first-order chi connectivity index (χ1) is 8.47. The van der Waals surface area contributed by atoms with Gasteiger partial charge in [-0.25, -0.2) is 9.37 Å². The van der Waals surface area contributed by atoms with Crippen LogP contribution in [-0.2, 0) is 0 Å². The van der Waals surface area contributed by atoms with Crippen LogP contribution >= 0.6 is 11.6 Å². The van der Waals surface area contributed by atoms with E-state index in [0.29, 0.717) is 17.2 Å². The van der Waals surface area contributed by atoms with Crippen LogP contribution in [0.3, 0.4) is 0 Å². The normalized spacial score (nSPS) is 10.9. The fourth-order valence-electron chi connectivity index (χ4n) is 1.46. The summed E-state index contributed by atoms with van der Waals surface area (Å²) in [5.41, 5.74) is 6.17. The third-order valence-electron chi connectivity index (χ3n) is 2.36. The number of benzene rings is 1. The van der Waals surface area contributed by atoms with E-state index in [1.54, 1.807) is 0 Å². The molecule has 0 amide bonds. The number of nitrogen functional groups attached to an aromatic ring is 1. The lowest BCUT2D eigenvalue weighted by Gasteiger charge is -2.08. The Morgan fingerprint density at radius 2 is 1.94 bits per heavy atom. The predicted molar refractivity (Wildman–Crippen MR) is 68.7 cm³/mol. The quantitative estimate of drug-likeness (QED) is 0.907. The smallest absolute Gasteiger partial charge is 0.223 e. The van der Waals surface area contributed by atoms with Crippen molar-refractivity contribution in [1.29, 1.82) is 0 Å². The number of hydrogen-bond donors (Lipinski definition) is 1. The van der Waals surface area contributed by atoms with E-state index in [1.807, 2.05) is 13.8 Å². The van der Waals surface area contributed by atoms with E-state index in [4.69, 9.17) is 17.3 Å². The van der Waals surface area contributed by atoms with Gasteiger partial charge in [-0.3, -0.25) is 0 Å². The van der Waals surface area contributed by atoms with Gasteiger partial charge in [-0.2, -0.15) is 9.97 Å². The molecular weight excluding hydrogens is 255 g/mol. The summed E-state index contributed by atoms with van der Waals surface area (Å²) in [5.74, 6) is 0.779. The molecule has 2 N–H and O–H groups in total. The number of nitrogens with two attached hydrogens (primary N) is 1. The van der Waals surface area contributed by atoms with Crippen molar-refractivity contribution < 1.29 is 4.39 Å². The first kappa shape index (κ1) is 12.7. The van der Waals surface area contributed by atoms with Crippen LogP contribution < -0.4 is 5.73 Å². The molecule has 0 atom stereocenters. The highest BCUT2D eigenvalue weighted by molar-refractivity contribution is 6.33. The summed E-state index contributed by atoms with van der Waals surface area (Å²) in [6.07, 6.45) is 0. The van der Waals surface area contributed by atoms with E-state index < -0.39 is 5.82 Å². The molecule has 18 heavy (non-hydrogen) atoms. The Labute approximate surface area is 109 Å². The summed E-state index contributed by atoms with van der Waals surface area (Å²) >= 11 is 5.97. The second-order valence-electron chi connectivity index (χ2n) is 4.15. The van der Waals surface area contributed by atoms with E-state index in [9.17, 15) is 4.39 Å². The summed E-state index contributed by atoms with van der Waals surface area (Å²) in [6.45, 7) is 3.90. The van der Waals surface area contributed by atoms with Gasteiger partial charge in [0, 0.05) is 11.5 Å². The first-order valence-electron chi connectivity index (χ1n) is 5.44. The summed E-state index contributed by atoms with van der Waals surface area (Å²) in [6, 6.07) is 4.04. The summed E-state index contributed by atoms with van der Waals surface area (Å²) in [7, 11) is 0. The molecule has 0 aliphatic heterocycles. The molecule has 2 rings (SSSR count). The van der Waals surface area contributed by atoms with Gasteiger partial charge < -0.3 is 5.73 Å². The third kappa shape index (κ3) is 2.56. The molecule has 0 saturated carbocycles. The van der Waals surface area contributed by atoms with Gasteiger partial charge in [0.2, 0.25) is 5.95 Å². The Balaban J connectivity index is 2.56. The van der Waals surface area contributed by atoms with Gasteiger partial charge in [0.05, 0.1) is 5.02 Å². The van der Waals surface area contributed by atoms with E-state index >= 15 is 0 Å². The second-order valence-corrected chi connectivity index (χ2v) is 4.56. The minimum Gasteiger partial charge on any atom is -0.368 e. The molecule has 0 fully saturated rings. The highest BCUT2D eigenvalue weighted by Gasteiger charge is 2.12. The third-order valence-corrected chi connectivity index (χ3v) is 2.67. The van der Waals surface area contributed by atoms with Crippen LogP contribution in [0.1, 0.15) is 25.6 Å². The highest BCUT2D eigenvalue weighted by atomic mass is 35.5. The number of halogens is 2. The molecule has 0 aliphatic rings. The van der Waals surface area contributed by atoms with Gasteiger partial charge in [0.25, 0.3) is 0 Å². The van der Waals surface area contributed by atoms with Crippen molar-refractivity contribution in [1.82, 2.24) is 15.0 Å². The molecule has 0 spiro atoms. The summed E-state index contributed by atoms with van der Waals surface area (Å²) in [5, 5.41) is 0.246. The Hall–Kier alpha value is -1.75. The van der Waals surface area contributed by atoms with Gasteiger partial charge in [0.15, 0.2) is 5.82 Å². The van der Waals surface area contributed by atoms with Crippen LogP contribution in [0.15, 0.2) is 18.2 Å². The molecule has 0 saturated heterocycles. The number of anilines is 1. The fraction of sp³-hybridized carbons (Fsp3) is 0.250. The molecule has 2 aromatic rings. The topological polar surface area (TPSA) is 64.7 Å². The molecule has 4 nitrogen and oxygen atoms in total. The second kappa shape index (κ2) is 4.86. The maximum atomic E-state index is 13.0. The van der Waals surface area contributed by atoms with Crippen LogP contribution in [0.25, 0.3) is 11.4 Å². The van der Waals surface area contributed by atoms with Gasteiger partial charge in [-0.1, -0.05) is 25.4 Å². The Kier molecular flexibility index (Phi) is 3.43. The van der Waals surface area contributed by atoms with Crippen LogP contribution in [0.2, 0.25) is 5.02 Å². The molecule has 0 unspecified atom stereocenters. The SMILES string of the molecule is CC(C)c1nc(N)nc(-c2ccc(F)cc2Cl)n1.